The number of carbonyl (C=O) groups is 1. The van der Waals surface area contributed by atoms with Crippen LogP contribution in [0.15, 0.2) is 48.5 Å². The van der Waals surface area contributed by atoms with Crippen LogP contribution in [0.5, 0.6) is 0 Å². The van der Waals surface area contributed by atoms with Crippen molar-refractivity contribution in [2.45, 2.75) is 63.3 Å². The van der Waals surface area contributed by atoms with Crippen LogP contribution >= 0.6 is 11.6 Å². The molecule has 1 atom stereocenters. The molecule has 0 spiro atoms. The van der Waals surface area contributed by atoms with E-state index in [0.29, 0.717) is 28.2 Å². The zero-order valence-corrected chi connectivity index (χ0v) is 21.4. The Morgan fingerprint density at radius 2 is 1.53 bits per heavy atom. The molecule has 1 amide bonds. The van der Waals surface area contributed by atoms with E-state index in [2.05, 4.69) is 17.4 Å². The maximum Gasteiger partial charge on any atom is 0.248 e. The lowest BCUT2D eigenvalue weighted by Gasteiger charge is -2.57. The molecule has 4 aliphatic carbocycles. The van der Waals surface area contributed by atoms with Crippen molar-refractivity contribution < 1.29 is 13.2 Å². The Morgan fingerprint density at radius 1 is 1.00 bits per heavy atom. The molecule has 0 saturated heterocycles. The summed E-state index contributed by atoms with van der Waals surface area (Å²) < 4.78 is 26.5. The molecule has 6 rings (SSSR count). The molecule has 182 valence electrons. The number of hydrogen-bond donors (Lipinski definition) is 1. The molecule has 0 aromatic heterocycles. The van der Waals surface area contributed by atoms with Gasteiger partial charge in [0, 0.05) is 10.7 Å². The number of amides is 1. The van der Waals surface area contributed by atoms with Gasteiger partial charge in [0.05, 0.1) is 11.9 Å². The number of nitrogens with one attached hydrogen (secondary N) is 1. The molecule has 0 aliphatic heterocycles. The number of anilines is 2. The average Bonchev–Trinajstić information content (AvgIpc) is 2.77. The third-order valence-corrected chi connectivity index (χ3v) is 9.65. The van der Waals surface area contributed by atoms with E-state index in [0.717, 1.165) is 24.0 Å². The topological polar surface area (TPSA) is 66.5 Å². The zero-order valence-electron chi connectivity index (χ0n) is 19.8. The maximum absolute atomic E-state index is 13.2. The van der Waals surface area contributed by atoms with Crippen molar-refractivity contribution in [2.24, 2.45) is 17.8 Å². The molecule has 1 unspecified atom stereocenters. The van der Waals surface area contributed by atoms with Gasteiger partial charge in [0.2, 0.25) is 15.9 Å². The van der Waals surface area contributed by atoms with Gasteiger partial charge in [-0.2, -0.15) is 0 Å². The highest BCUT2D eigenvalue weighted by molar-refractivity contribution is 7.92. The largest absolute Gasteiger partial charge is 0.324 e. The van der Waals surface area contributed by atoms with E-state index >= 15 is 0 Å². The second-order valence-electron chi connectivity index (χ2n) is 10.7. The van der Waals surface area contributed by atoms with Crippen molar-refractivity contribution in [3.63, 3.8) is 0 Å². The number of carbonyl (C=O) groups excluding carboxylic acids is 1. The molecule has 4 fully saturated rings. The van der Waals surface area contributed by atoms with Crippen molar-refractivity contribution >= 4 is 38.9 Å². The lowest BCUT2D eigenvalue weighted by Crippen LogP contribution is -2.48. The predicted molar refractivity (Wildman–Crippen MR) is 138 cm³/mol. The summed E-state index contributed by atoms with van der Waals surface area (Å²) in [7, 11) is -3.68. The van der Waals surface area contributed by atoms with Gasteiger partial charge in [0.25, 0.3) is 0 Å². The molecule has 5 nitrogen and oxygen atoms in total. The van der Waals surface area contributed by atoms with Gasteiger partial charge in [-0.25, -0.2) is 8.42 Å². The lowest BCUT2D eigenvalue weighted by molar-refractivity contribution is -0.117. The van der Waals surface area contributed by atoms with E-state index in [4.69, 9.17) is 11.6 Å². The van der Waals surface area contributed by atoms with E-state index in [1.165, 1.54) is 48.4 Å². The molecule has 0 heterocycles. The van der Waals surface area contributed by atoms with Crippen LogP contribution in [-0.4, -0.2) is 26.6 Å². The average molecular weight is 501 g/mol. The predicted octanol–water partition coefficient (Wildman–Crippen LogP) is 5.99. The van der Waals surface area contributed by atoms with Crippen molar-refractivity contribution in [1.29, 1.82) is 0 Å². The van der Waals surface area contributed by atoms with E-state index in [1.807, 2.05) is 19.1 Å². The number of halogens is 1. The van der Waals surface area contributed by atoms with Crippen LogP contribution in [0.25, 0.3) is 0 Å². The Balaban J connectivity index is 1.34. The monoisotopic (exact) mass is 500 g/mol. The maximum atomic E-state index is 13.2. The summed E-state index contributed by atoms with van der Waals surface area (Å²) in [5.41, 5.74) is 2.83. The standard InChI is InChI=1S/C27H33ClN2O3S/c1-3-25(30(34(2,32)33)24-10-6-22(28)7-11-24)26(31)29-23-8-4-21(5-9-23)27-15-18-12-19(16-27)14-20(13-18)17-27/h4-11,18-20,25H,3,12-17H2,1-2H3,(H,29,31). The number of nitrogens with zero attached hydrogens (tertiary/aromatic N) is 1. The van der Waals surface area contributed by atoms with Crippen LogP contribution in [0.3, 0.4) is 0 Å². The van der Waals surface area contributed by atoms with E-state index in [9.17, 15) is 13.2 Å². The molecule has 34 heavy (non-hydrogen) atoms. The smallest absolute Gasteiger partial charge is 0.248 e. The highest BCUT2D eigenvalue weighted by Crippen LogP contribution is 2.60. The van der Waals surface area contributed by atoms with Crippen molar-refractivity contribution in [3.8, 4) is 0 Å². The third-order valence-electron chi connectivity index (χ3n) is 8.21. The minimum Gasteiger partial charge on any atom is -0.324 e. The van der Waals surface area contributed by atoms with Crippen molar-refractivity contribution in [2.75, 3.05) is 15.9 Å². The second-order valence-corrected chi connectivity index (χ2v) is 13.0. The fourth-order valence-electron chi connectivity index (χ4n) is 7.25. The molecule has 2 aromatic carbocycles. The van der Waals surface area contributed by atoms with Gasteiger partial charge in [-0.15, -0.1) is 0 Å². The Kier molecular flexibility index (Phi) is 6.18. The van der Waals surface area contributed by atoms with Crippen LogP contribution in [0.1, 0.15) is 57.4 Å². The first-order valence-electron chi connectivity index (χ1n) is 12.3. The third kappa shape index (κ3) is 4.47. The highest BCUT2D eigenvalue weighted by Gasteiger charge is 2.51. The van der Waals surface area contributed by atoms with E-state index < -0.39 is 16.1 Å². The molecule has 2 aromatic rings. The molecule has 0 radical (unpaired) electrons. The lowest BCUT2D eigenvalue weighted by atomic mass is 9.48. The number of hydrogen-bond acceptors (Lipinski definition) is 3. The fraction of sp³-hybridized carbons (Fsp3) is 0.519. The number of rotatable bonds is 7. The van der Waals surface area contributed by atoms with Gasteiger partial charge in [0.15, 0.2) is 0 Å². The van der Waals surface area contributed by atoms with E-state index in [-0.39, 0.29) is 5.91 Å². The van der Waals surface area contributed by atoms with Gasteiger partial charge < -0.3 is 5.32 Å². The first-order chi connectivity index (χ1) is 16.2. The van der Waals surface area contributed by atoms with Crippen LogP contribution in [0.4, 0.5) is 11.4 Å². The van der Waals surface area contributed by atoms with Crippen LogP contribution in [0.2, 0.25) is 5.02 Å². The van der Waals surface area contributed by atoms with Crippen LogP contribution < -0.4 is 9.62 Å². The Bertz CT molecular complexity index is 1130. The zero-order chi connectivity index (χ0) is 24.1. The van der Waals surface area contributed by atoms with Crippen LogP contribution in [-0.2, 0) is 20.2 Å². The fourth-order valence-corrected chi connectivity index (χ4v) is 8.58. The molecule has 7 heteroatoms. The van der Waals surface area contributed by atoms with Gasteiger partial charge in [0.1, 0.15) is 6.04 Å². The van der Waals surface area contributed by atoms with Crippen molar-refractivity contribution in [3.05, 3.63) is 59.1 Å². The van der Waals surface area contributed by atoms with Gasteiger partial charge in [-0.05, 0) is 110 Å². The van der Waals surface area contributed by atoms with Crippen molar-refractivity contribution in [1.82, 2.24) is 0 Å². The summed E-state index contributed by atoms with van der Waals surface area (Å²) in [4.78, 5) is 13.2. The molecule has 4 bridgehead atoms. The Labute approximate surface area is 207 Å². The van der Waals surface area contributed by atoms with Crippen LogP contribution in [0, 0.1) is 17.8 Å². The summed E-state index contributed by atoms with van der Waals surface area (Å²) in [6.07, 6.45) is 9.60. The Hall–Kier alpha value is -2.05. The van der Waals surface area contributed by atoms with Gasteiger partial charge in [-0.3, -0.25) is 9.10 Å². The number of sulfonamides is 1. The molecule has 1 N–H and O–H groups in total. The summed E-state index contributed by atoms with van der Waals surface area (Å²) in [6.45, 7) is 1.81. The molecule has 4 aliphatic rings. The number of benzene rings is 2. The minimum atomic E-state index is -3.68. The highest BCUT2D eigenvalue weighted by atomic mass is 35.5. The summed E-state index contributed by atoms with van der Waals surface area (Å²) in [5, 5.41) is 3.46. The summed E-state index contributed by atoms with van der Waals surface area (Å²) in [6, 6.07) is 14.0. The Morgan fingerprint density at radius 3 is 2.00 bits per heavy atom. The van der Waals surface area contributed by atoms with Gasteiger partial charge in [-0.1, -0.05) is 30.7 Å². The first kappa shape index (κ1) is 23.7. The molecular formula is C27H33ClN2O3S. The molecule has 4 saturated carbocycles. The van der Waals surface area contributed by atoms with Gasteiger partial charge >= 0.3 is 0 Å². The second kappa shape index (κ2) is 8.87. The summed E-state index contributed by atoms with van der Waals surface area (Å²) >= 11 is 5.98. The normalized spacial score (nSPS) is 28.5. The first-order valence-corrected chi connectivity index (χ1v) is 14.6. The van der Waals surface area contributed by atoms with E-state index in [1.54, 1.807) is 24.3 Å². The quantitative estimate of drug-likeness (QED) is 0.507. The molecular weight excluding hydrogens is 468 g/mol. The summed E-state index contributed by atoms with van der Waals surface area (Å²) in [5.74, 6) is 2.30. The minimum absolute atomic E-state index is 0.310. The SMILES string of the molecule is CCC(C(=O)Nc1ccc(C23CC4CC(CC(C4)C2)C3)cc1)N(c1ccc(Cl)cc1)S(C)(=O)=O.